The maximum absolute atomic E-state index is 5.35. The van der Waals surface area contributed by atoms with E-state index in [2.05, 4.69) is 23.7 Å². The first-order valence-corrected chi connectivity index (χ1v) is 6.46. The largest absolute Gasteiger partial charge is 0.382 e. The van der Waals surface area contributed by atoms with Crippen LogP contribution in [0.2, 0.25) is 0 Å². The number of hydrogen-bond acceptors (Lipinski definition) is 3. The van der Waals surface area contributed by atoms with Gasteiger partial charge in [0, 0.05) is 24.1 Å². The highest BCUT2D eigenvalue weighted by Crippen LogP contribution is 2.25. The van der Waals surface area contributed by atoms with Gasteiger partial charge in [0.2, 0.25) is 0 Å². The smallest absolute Gasteiger partial charge is 0.0466 e. The van der Waals surface area contributed by atoms with Crippen LogP contribution in [0.25, 0.3) is 0 Å². The van der Waals surface area contributed by atoms with Gasteiger partial charge in [-0.15, -0.1) is 11.3 Å². The van der Waals surface area contributed by atoms with Gasteiger partial charge < -0.3 is 10.1 Å². The number of thiophene rings is 1. The van der Waals surface area contributed by atoms with Gasteiger partial charge in [-0.25, -0.2) is 0 Å². The van der Waals surface area contributed by atoms with Gasteiger partial charge in [-0.3, -0.25) is 0 Å². The summed E-state index contributed by atoms with van der Waals surface area (Å²) in [6, 6.07) is 2.71. The van der Waals surface area contributed by atoms with Crippen LogP contribution in [0.15, 0.2) is 11.4 Å². The van der Waals surface area contributed by atoms with Crippen LogP contribution in [-0.2, 0) is 4.74 Å². The summed E-state index contributed by atoms with van der Waals surface area (Å²) in [6.45, 7) is 5.92. The highest BCUT2D eigenvalue weighted by molar-refractivity contribution is 7.10. The molecule has 0 aromatic carbocycles. The predicted molar refractivity (Wildman–Crippen MR) is 66.6 cm³/mol. The second kappa shape index (κ2) is 6.99. The predicted octanol–water partition coefficient (Wildman–Crippen LogP) is 3.13. The maximum Gasteiger partial charge on any atom is 0.0466 e. The molecule has 0 spiro atoms. The van der Waals surface area contributed by atoms with Crippen molar-refractivity contribution in [3.8, 4) is 0 Å². The van der Waals surface area contributed by atoms with Crippen molar-refractivity contribution in [2.75, 3.05) is 20.3 Å². The molecule has 0 bridgehead atoms. The Labute approximate surface area is 96.7 Å². The van der Waals surface area contributed by atoms with Crippen molar-refractivity contribution in [3.05, 3.63) is 21.9 Å². The molecule has 1 aromatic heterocycles. The molecule has 3 heteroatoms. The lowest BCUT2D eigenvalue weighted by atomic mass is 10.0. The summed E-state index contributed by atoms with van der Waals surface area (Å²) in [5.74, 6) is 0. The minimum Gasteiger partial charge on any atom is -0.382 e. The third-order valence-corrected chi connectivity index (χ3v) is 3.47. The SMILES string of the molecule is CCOCCCC(NC)c1ccsc1C. The molecule has 0 saturated heterocycles. The molecule has 1 heterocycles. The Bertz CT molecular complexity index is 272. The minimum absolute atomic E-state index is 0.483. The van der Waals surface area contributed by atoms with Gasteiger partial charge in [0.25, 0.3) is 0 Å². The fourth-order valence-corrected chi connectivity index (χ4v) is 2.51. The highest BCUT2D eigenvalue weighted by Gasteiger charge is 2.11. The fourth-order valence-electron chi connectivity index (χ4n) is 1.75. The van der Waals surface area contributed by atoms with Gasteiger partial charge in [0.1, 0.15) is 0 Å². The lowest BCUT2D eigenvalue weighted by molar-refractivity contribution is 0.141. The summed E-state index contributed by atoms with van der Waals surface area (Å²) >= 11 is 1.82. The first kappa shape index (κ1) is 12.7. The van der Waals surface area contributed by atoms with Crippen molar-refractivity contribution >= 4 is 11.3 Å². The Hall–Kier alpha value is -0.380. The van der Waals surface area contributed by atoms with E-state index in [1.807, 2.05) is 25.3 Å². The molecule has 0 amide bonds. The molecule has 0 saturated carbocycles. The zero-order valence-electron chi connectivity index (χ0n) is 9.88. The van der Waals surface area contributed by atoms with Gasteiger partial charge in [-0.2, -0.15) is 0 Å². The molecular formula is C12H21NOS. The Balaban J connectivity index is 2.39. The summed E-state index contributed by atoms with van der Waals surface area (Å²) in [5, 5.41) is 5.54. The average molecular weight is 227 g/mol. The summed E-state index contributed by atoms with van der Waals surface area (Å²) in [5.41, 5.74) is 1.44. The average Bonchev–Trinajstić information content (AvgIpc) is 2.65. The van der Waals surface area contributed by atoms with E-state index in [0.717, 1.165) is 26.1 Å². The Kier molecular flexibility index (Phi) is 5.91. The normalized spacial score (nSPS) is 13.0. The lowest BCUT2D eigenvalue weighted by Gasteiger charge is -2.16. The molecule has 1 atom stereocenters. The molecule has 1 N–H and O–H groups in total. The van der Waals surface area contributed by atoms with E-state index in [0.29, 0.717) is 6.04 Å². The summed E-state index contributed by atoms with van der Waals surface area (Å²) < 4.78 is 5.35. The highest BCUT2D eigenvalue weighted by atomic mass is 32.1. The Morgan fingerprint density at radius 2 is 2.33 bits per heavy atom. The molecule has 0 aliphatic heterocycles. The first-order chi connectivity index (χ1) is 7.29. The molecule has 15 heavy (non-hydrogen) atoms. The standard InChI is InChI=1S/C12H21NOS/c1-4-14-8-5-6-12(13-3)11-7-9-15-10(11)2/h7,9,12-13H,4-6,8H2,1-3H3. The van der Waals surface area contributed by atoms with E-state index in [9.17, 15) is 0 Å². The second-order valence-electron chi connectivity index (χ2n) is 3.61. The first-order valence-electron chi connectivity index (χ1n) is 5.58. The van der Waals surface area contributed by atoms with Crippen LogP contribution >= 0.6 is 11.3 Å². The molecule has 1 unspecified atom stereocenters. The van der Waals surface area contributed by atoms with Crippen LogP contribution in [0.1, 0.15) is 36.2 Å². The molecule has 86 valence electrons. The van der Waals surface area contributed by atoms with Crippen LogP contribution in [0, 0.1) is 6.92 Å². The zero-order valence-corrected chi connectivity index (χ0v) is 10.7. The number of nitrogens with one attached hydrogen (secondary N) is 1. The van der Waals surface area contributed by atoms with Crippen LogP contribution < -0.4 is 5.32 Å². The molecule has 0 aliphatic carbocycles. The van der Waals surface area contributed by atoms with E-state index in [1.54, 1.807) is 0 Å². The van der Waals surface area contributed by atoms with Crippen molar-refractivity contribution in [3.63, 3.8) is 0 Å². The lowest BCUT2D eigenvalue weighted by Crippen LogP contribution is -2.17. The topological polar surface area (TPSA) is 21.3 Å². The molecule has 0 aliphatic rings. The number of ether oxygens (including phenoxy) is 1. The third kappa shape index (κ3) is 3.93. The Morgan fingerprint density at radius 3 is 2.87 bits per heavy atom. The molecule has 0 radical (unpaired) electrons. The molecule has 0 fully saturated rings. The van der Waals surface area contributed by atoms with E-state index < -0.39 is 0 Å². The maximum atomic E-state index is 5.35. The van der Waals surface area contributed by atoms with Gasteiger partial charge >= 0.3 is 0 Å². The molecule has 1 aromatic rings. The number of hydrogen-bond donors (Lipinski definition) is 1. The summed E-state index contributed by atoms with van der Waals surface area (Å²) in [4.78, 5) is 1.42. The third-order valence-electron chi connectivity index (χ3n) is 2.61. The van der Waals surface area contributed by atoms with E-state index in [4.69, 9.17) is 4.74 Å². The minimum atomic E-state index is 0.483. The van der Waals surface area contributed by atoms with E-state index >= 15 is 0 Å². The zero-order chi connectivity index (χ0) is 11.1. The van der Waals surface area contributed by atoms with Crippen LogP contribution in [-0.4, -0.2) is 20.3 Å². The van der Waals surface area contributed by atoms with Crippen molar-refractivity contribution in [1.29, 1.82) is 0 Å². The summed E-state index contributed by atoms with van der Waals surface area (Å²) in [7, 11) is 2.03. The quantitative estimate of drug-likeness (QED) is 0.723. The van der Waals surface area contributed by atoms with Crippen LogP contribution in [0.3, 0.4) is 0 Å². The van der Waals surface area contributed by atoms with Crippen molar-refractivity contribution in [2.24, 2.45) is 0 Å². The monoisotopic (exact) mass is 227 g/mol. The number of aryl methyl sites for hydroxylation is 1. The van der Waals surface area contributed by atoms with Gasteiger partial charge in [0.15, 0.2) is 0 Å². The second-order valence-corrected chi connectivity index (χ2v) is 4.73. The Morgan fingerprint density at radius 1 is 1.53 bits per heavy atom. The van der Waals surface area contributed by atoms with Gasteiger partial charge in [-0.05, 0) is 50.7 Å². The summed E-state index contributed by atoms with van der Waals surface area (Å²) in [6.07, 6.45) is 2.27. The van der Waals surface area contributed by atoms with Crippen molar-refractivity contribution in [2.45, 2.75) is 32.7 Å². The van der Waals surface area contributed by atoms with Crippen molar-refractivity contribution in [1.82, 2.24) is 5.32 Å². The van der Waals surface area contributed by atoms with E-state index in [1.165, 1.54) is 10.4 Å². The van der Waals surface area contributed by atoms with Crippen LogP contribution in [0.4, 0.5) is 0 Å². The van der Waals surface area contributed by atoms with E-state index in [-0.39, 0.29) is 0 Å². The molecular weight excluding hydrogens is 206 g/mol. The van der Waals surface area contributed by atoms with Gasteiger partial charge in [-0.1, -0.05) is 0 Å². The van der Waals surface area contributed by atoms with Gasteiger partial charge in [0.05, 0.1) is 0 Å². The fraction of sp³-hybridized carbons (Fsp3) is 0.667. The number of rotatable bonds is 7. The molecule has 2 nitrogen and oxygen atoms in total. The molecule has 1 rings (SSSR count). The van der Waals surface area contributed by atoms with Crippen molar-refractivity contribution < 1.29 is 4.74 Å². The van der Waals surface area contributed by atoms with Crippen LogP contribution in [0.5, 0.6) is 0 Å².